The molecule has 138 valence electrons. The smallest absolute Gasteiger partial charge is 0.272 e. The van der Waals surface area contributed by atoms with E-state index in [1.165, 1.54) is 23.1 Å². The van der Waals surface area contributed by atoms with Gasteiger partial charge in [-0.2, -0.15) is 5.26 Å². The Labute approximate surface area is 171 Å². The third-order valence-electron chi connectivity index (χ3n) is 4.30. The molecule has 0 aliphatic carbocycles. The highest BCUT2D eigenvalue weighted by Crippen LogP contribution is 2.32. The highest BCUT2D eigenvalue weighted by Gasteiger charge is 2.17. The first-order chi connectivity index (χ1) is 13.7. The maximum Gasteiger partial charge on any atom is 0.272 e. The van der Waals surface area contributed by atoms with Gasteiger partial charge in [-0.1, -0.05) is 72.4 Å². The third-order valence-corrected chi connectivity index (χ3v) is 6.45. The molecule has 2 aromatic heterocycles. The molecule has 2 heterocycles. The number of benzene rings is 2. The van der Waals surface area contributed by atoms with Gasteiger partial charge in [0.05, 0.1) is 23.4 Å². The Hall–Kier alpha value is -2.88. The Morgan fingerprint density at radius 3 is 2.50 bits per heavy atom. The summed E-state index contributed by atoms with van der Waals surface area (Å²) in [5.41, 5.74) is 2.72. The molecule has 0 saturated heterocycles. The van der Waals surface area contributed by atoms with Gasteiger partial charge in [0.2, 0.25) is 0 Å². The lowest BCUT2D eigenvalue weighted by molar-refractivity contribution is 0.659. The van der Waals surface area contributed by atoms with E-state index >= 15 is 0 Å². The van der Waals surface area contributed by atoms with Gasteiger partial charge in [0.15, 0.2) is 5.16 Å². The largest absolute Gasteiger partial charge is 0.282 e. The minimum Gasteiger partial charge on any atom is -0.282 e. The molecule has 0 unspecified atom stereocenters. The summed E-state index contributed by atoms with van der Waals surface area (Å²) in [7, 11) is 0. The fourth-order valence-electron chi connectivity index (χ4n) is 2.92. The number of aromatic nitrogens is 2. The third kappa shape index (κ3) is 3.72. The molecule has 0 spiro atoms. The van der Waals surface area contributed by atoms with E-state index in [9.17, 15) is 10.1 Å². The first kappa shape index (κ1) is 18.5. The highest BCUT2D eigenvalue weighted by molar-refractivity contribution is 8.00. The zero-order valence-electron chi connectivity index (χ0n) is 15.2. The zero-order chi connectivity index (χ0) is 19.5. The average molecular weight is 404 g/mol. The molecule has 28 heavy (non-hydrogen) atoms. The van der Waals surface area contributed by atoms with Crippen molar-refractivity contribution in [2.75, 3.05) is 0 Å². The molecule has 0 aliphatic rings. The van der Waals surface area contributed by atoms with Crippen LogP contribution < -0.4 is 5.56 Å². The number of hydrogen-bond acceptors (Lipinski definition) is 5. The van der Waals surface area contributed by atoms with Crippen LogP contribution in [0.3, 0.4) is 0 Å². The molecule has 1 atom stereocenters. The van der Waals surface area contributed by atoms with Crippen LogP contribution in [0.25, 0.3) is 20.7 Å². The van der Waals surface area contributed by atoms with Crippen molar-refractivity contribution in [1.29, 1.82) is 5.26 Å². The van der Waals surface area contributed by atoms with Crippen LogP contribution in [0.2, 0.25) is 0 Å². The van der Waals surface area contributed by atoms with Crippen molar-refractivity contribution in [3.8, 4) is 16.5 Å². The number of fused-ring (bicyclic) bond motifs is 1. The van der Waals surface area contributed by atoms with Crippen molar-refractivity contribution < 1.29 is 0 Å². The van der Waals surface area contributed by atoms with Gasteiger partial charge in [0, 0.05) is 4.88 Å². The van der Waals surface area contributed by atoms with Crippen LogP contribution in [-0.2, 0) is 6.54 Å². The van der Waals surface area contributed by atoms with Crippen LogP contribution >= 0.6 is 23.1 Å². The number of hydrogen-bond donors (Lipinski definition) is 0. The van der Waals surface area contributed by atoms with Crippen LogP contribution in [-0.4, -0.2) is 14.8 Å². The molecule has 0 saturated carbocycles. The fraction of sp³-hybridized carbons (Fsp3) is 0.136. The Morgan fingerprint density at radius 1 is 1.14 bits per heavy atom. The summed E-state index contributed by atoms with van der Waals surface area (Å²) in [4.78, 5) is 19.1. The zero-order valence-corrected chi connectivity index (χ0v) is 16.8. The highest BCUT2D eigenvalue weighted by atomic mass is 32.2. The van der Waals surface area contributed by atoms with Gasteiger partial charge in [-0.3, -0.25) is 9.36 Å². The van der Waals surface area contributed by atoms with E-state index in [1.807, 2.05) is 73.7 Å². The molecule has 0 N–H and O–H groups in total. The summed E-state index contributed by atoms with van der Waals surface area (Å²) in [6.45, 7) is 2.25. The number of thioether (sulfide) groups is 1. The normalized spacial score (nSPS) is 12.0. The quantitative estimate of drug-likeness (QED) is 0.340. The van der Waals surface area contributed by atoms with Crippen LogP contribution in [0.4, 0.5) is 0 Å². The second-order valence-corrected chi connectivity index (χ2v) is 8.71. The first-order valence-electron chi connectivity index (χ1n) is 8.85. The molecular weight excluding hydrogens is 386 g/mol. The monoisotopic (exact) mass is 403 g/mol. The van der Waals surface area contributed by atoms with Crippen molar-refractivity contribution in [3.63, 3.8) is 0 Å². The van der Waals surface area contributed by atoms with E-state index in [0.29, 0.717) is 21.9 Å². The molecule has 0 radical (unpaired) electrons. The molecule has 6 heteroatoms. The van der Waals surface area contributed by atoms with E-state index in [1.54, 1.807) is 4.57 Å². The molecule has 4 rings (SSSR count). The van der Waals surface area contributed by atoms with Gasteiger partial charge >= 0.3 is 0 Å². The Kier molecular flexibility index (Phi) is 5.29. The molecule has 0 amide bonds. The topological polar surface area (TPSA) is 58.7 Å². The van der Waals surface area contributed by atoms with Crippen molar-refractivity contribution >= 4 is 33.3 Å². The van der Waals surface area contributed by atoms with Gasteiger partial charge in [-0.25, -0.2) is 4.98 Å². The molecule has 0 fully saturated rings. The predicted octanol–water partition coefficient (Wildman–Crippen LogP) is 5.18. The SMILES string of the molecule is C[C@@H](C#N)Sc1nc2cc(-c3ccccc3)sc2c(=O)n1Cc1ccccc1. The van der Waals surface area contributed by atoms with E-state index in [-0.39, 0.29) is 10.8 Å². The number of nitriles is 1. The van der Waals surface area contributed by atoms with Crippen LogP contribution in [0, 0.1) is 11.3 Å². The minimum atomic E-state index is -0.293. The summed E-state index contributed by atoms with van der Waals surface area (Å²) in [6, 6.07) is 24.0. The molecular formula is C22H17N3OS2. The van der Waals surface area contributed by atoms with Crippen LogP contribution in [0.1, 0.15) is 12.5 Å². The summed E-state index contributed by atoms with van der Waals surface area (Å²) in [5.74, 6) is 0. The van der Waals surface area contributed by atoms with Gasteiger partial charge in [-0.15, -0.1) is 11.3 Å². The second kappa shape index (κ2) is 8.01. The van der Waals surface area contributed by atoms with Gasteiger partial charge in [0.1, 0.15) is 4.70 Å². The average Bonchev–Trinajstić information content (AvgIpc) is 3.16. The maximum absolute atomic E-state index is 13.3. The summed E-state index contributed by atoms with van der Waals surface area (Å²) < 4.78 is 2.32. The van der Waals surface area contributed by atoms with Crippen LogP contribution in [0.5, 0.6) is 0 Å². The van der Waals surface area contributed by atoms with Gasteiger partial charge in [-0.05, 0) is 24.1 Å². The molecule has 0 aliphatic heterocycles. The summed E-state index contributed by atoms with van der Waals surface area (Å²) in [5, 5.41) is 9.51. The maximum atomic E-state index is 13.3. The summed E-state index contributed by atoms with van der Waals surface area (Å²) in [6.07, 6.45) is 0. The lowest BCUT2D eigenvalue weighted by Gasteiger charge is -2.12. The van der Waals surface area contributed by atoms with E-state index < -0.39 is 0 Å². The second-order valence-electron chi connectivity index (χ2n) is 6.35. The standard InChI is InChI=1S/C22H17N3OS2/c1-15(13-23)27-22-24-18-12-19(17-10-6-3-7-11-17)28-20(18)21(26)25(22)14-16-8-4-2-5-9-16/h2-12,15H,14H2,1H3/t15-/m0/s1. The van der Waals surface area contributed by atoms with E-state index in [4.69, 9.17) is 4.98 Å². The van der Waals surface area contributed by atoms with E-state index in [0.717, 1.165) is 16.0 Å². The summed E-state index contributed by atoms with van der Waals surface area (Å²) >= 11 is 2.78. The first-order valence-corrected chi connectivity index (χ1v) is 10.6. The predicted molar refractivity (Wildman–Crippen MR) is 116 cm³/mol. The lowest BCUT2D eigenvalue weighted by Crippen LogP contribution is -2.23. The van der Waals surface area contributed by atoms with Crippen molar-refractivity contribution in [2.24, 2.45) is 0 Å². The molecule has 2 aromatic carbocycles. The molecule has 4 nitrogen and oxygen atoms in total. The minimum absolute atomic E-state index is 0.0614. The molecule has 4 aromatic rings. The van der Waals surface area contributed by atoms with Crippen molar-refractivity contribution in [3.05, 3.63) is 82.6 Å². The van der Waals surface area contributed by atoms with E-state index in [2.05, 4.69) is 6.07 Å². The Bertz CT molecular complexity index is 1210. The van der Waals surface area contributed by atoms with Gasteiger partial charge < -0.3 is 0 Å². The van der Waals surface area contributed by atoms with Crippen molar-refractivity contribution in [2.45, 2.75) is 23.9 Å². The number of thiophene rings is 1. The van der Waals surface area contributed by atoms with Gasteiger partial charge in [0.25, 0.3) is 5.56 Å². The van der Waals surface area contributed by atoms with Crippen molar-refractivity contribution in [1.82, 2.24) is 9.55 Å². The fourth-order valence-corrected chi connectivity index (χ4v) is 4.76. The Balaban J connectivity index is 1.87. The Morgan fingerprint density at radius 2 is 1.82 bits per heavy atom. The van der Waals surface area contributed by atoms with Crippen LogP contribution in [0.15, 0.2) is 76.7 Å². The number of nitrogens with zero attached hydrogens (tertiary/aromatic N) is 3. The lowest BCUT2D eigenvalue weighted by atomic mass is 10.2. The molecule has 0 bridgehead atoms. The number of rotatable bonds is 5.